The molecule has 1 rings (SSSR count). The molecule has 0 heterocycles. The molecule has 0 aromatic heterocycles. The molecule has 0 unspecified atom stereocenters. The molecular weight excluding hydrogens is 160 g/mol. The van der Waals surface area contributed by atoms with E-state index < -0.39 is 0 Å². The van der Waals surface area contributed by atoms with E-state index in [9.17, 15) is 0 Å². The third kappa shape index (κ3) is 1.70. The quantitative estimate of drug-likeness (QED) is 0.595. The molecule has 10 heavy (non-hydrogen) atoms. The monoisotopic (exact) mass is 170 g/mol. The van der Waals surface area contributed by atoms with Crippen LogP contribution in [0.5, 0.6) is 0 Å². The van der Waals surface area contributed by atoms with Crippen LogP contribution in [0.2, 0.25) is 0 Å². The number of thiol groups is 2. The minimum Gasteiger partial charge on any atom is -0.143 e. The maximum Gasteiger partial charge on any atom is 0.00727 e. The van der Waals surface area contributed by atoms with Gasteiger partial charge in [0.05, 0.1) is 0 Å². The Morgan fingerprint density at radius 1 is 1.30 bits per heavy atom. The maximum absolute atomic E-state index is 4.29. The summed E-state index contributed by atoms with van der Waals surface area (Å²) >= 11 is 8.51. The van der Waals surface area contributed by atoms with Gasteiger partial charge in [-0.1, -0.05) is 6.92 Å². The summed E-state index contributed by atoms with van der Waals surface area (Å²) in [5.41, 5.74) is 1.26. The van der Waals surface area contributed by atoms with Gasteiger partial charge in [0, 0.05) is 9.79 Å². The molecule has 0 saturated heterocycles. The average Bonchev–Trinajstić information content (AvgIpc) is 1.94. The van der Waals surface area contributed by atoms with Gasteiger partial charge in [0.2, 0.25) is 0 Å². The molecule has 0 N–H and O–H groups in total. The van der Waals surface area contributed by atoms with Crippen LogP contribution in [-0.4, -0.2) is 0 Å². The molecule has 1 aromatic rings. The van der Waals surface area contributed by atoms with Crippen LogP contribution in [0.3, 0.4) is 0 Å². The molecule has 0 saturated carbocycles. The van der Waals surface area contributed by atoms with E-state index in [2.05, 4.69) is 32.2 Å². The molecule has 0 aliphatic rings. The molecule has 0 bridgehead atoms. The summed E-state index contributed by atoms with van der Waals surface area (Å²) in [6, 6.07) is 5.97. The first-order valence-corrected chi connectivity index (χ1v) is 4.14. The van der Waals surface area contributed by atoms with Crippen molar-refractivity contribution in [3.05, 3.63) is 23.8 Å². The van der Waals surface area contributed by atoms with E-state index in [1.54, 1.807) is 0 Å². The molecule has 2 heteroatoms. The second-order valence-electron chi connectivity index (χ2n) is 2.17. The van der Waals surface area contributed by atoms with E-state index in [0.29, 0.717) is 0 Å². The summed E-state index contributed by atoms with van der Waals surface area (Å²) in [4.78, 5) is 2.06. The van der Waals surface area contributed by atoms with Crippen molar-refractivity contribution in [3.63, 3.8) is 0 Å². The van der Waals surface area contributed by atoms with Gasteiger partial charge in [-0.3, -0.25) is 0 Å². The first kappa shape index (κ1) is 8.02. The molecule has 0 fully saturated rings. The molecule has 0 aliphatic carbocycles. The van der Waals surface area contributed by atoms with Crippen LogP contribution < -0.4 is 0 Å². The van der Waals surface area contributed by atoms with Gasteiger partial charge in [-0.25, -0.2) is 0 Å². The zero-order valence-corrected chi connectivity index (χ0v) is 7.62. The molecule has 0 amide bonds. The second-order valence-corrected chi connectivity index (χ2v) is 3.16. The van der Waals surface area contributed by atoms with Crippen LogP contribution in [0.15, 0.2) is 28.0 Å². The third-order valence-corrected chi connectivity index (χ3v) is 2.16. The van der Waals surface area contributed by atoms with Gasteiger partial charge >= 0.3 is 0 Å². The van der Waals surface area contributed by atoms with Crippen molar-refractivity contribution in [2.45, 2.75) is 23.1 Å². The lowest BCUT2D eigenvalue weighted by Crippen LogP contribution is -1.81. The van der Waals surface area contributed by atoms with Gasteiger partial charge in [-0.05, 0) is 30.2 Å². The first-order chi connectivity index (χ1) is 4.74. The Bertz CT molecular complexity index is 231. The highest BCUT2D eigenvalue weighted by Gasteiger charge is 1.94. The molecule has 1 aromatic carbocycles. The highest BCUT2D eigenvalue weighted by atomic mass is 32.1. The van der Waals surface area contributed by atoms with E-state index >= 15 is 0 Å². The lowest BCUT2D eigenvalue weighted by molar-refractivity contribution is 1.07. The Labute approximate surface area is 72.5 Å². The zero-order chi connectivity index (χ0) is 7.56. The van der Waals surface area contributed by atoms with Crippen molar-refractivity contribution in [1.29, 1.82) is 0 Å². The fourth-order valence-corrected chi connectivity index (χ4v) is 1.38. The largest absolute Gasteiger partial charge is 0.143 e. The number of hydrogen-bond acceptors (Lipinski definition) is 2. The van der Waals surface area contributed by atoms with Crippen LogP contribution in [-0.2, 0) is 6.42 Å². The van der Waals surface area contributed by atoms with Crippen molar-refractivity contribution >= 4 is 25.3 Å². The van der Waals surface area contributed by atoms with E-state index in [1.165, 1.54) is 5.56 Å². The zero-order valence-electron chi connectivity index (χ0n) is 5.83. The smallest absolute Gasteiger partial charge is 0.00727 e. The fraction of sp³-hybridized carbons (Fsp3) is 0.250. The Morgan fingerprint density at radius 2 is 2.00 bits per heavy atom. The van der Waals surface area contributed by atoms with Crippen molar-refractivity contribution in [1.82, 2.24) is 0 Å². The summed E-state index contributed by atoms with van der Waals surface area (Å²) in [7, 11) is 0. The summed E-state index contributed by atoms with van der Waals surface area (Å²) in [6.07, 6.45) is 1.02. The second kappa shape index (κ2) is 3.35. The number of hydrogen-bond donors (Lipinski definition) is 2. The average molecular weight is 170 g/mol. The minimum atomic E-state index is 1.01. The molecule has 0 radical (unpaired) electrons. The summed E-state index contributed by atoms with van der Waals surface area (Å²) in [5, 5.41) is 0. The van der Waals surface area contributed by atoms with Crippen LogP contribution in [0.4, 0.5) is 0 Å². The predicted octanol–water partition coefficient (Wildman–Crippen LogP) is 2.83. The van der Waals surface area contributed by atoms with E-state index in [0.717, 1.165) is 16.2 Å². The minimum absolute atomic E-state index is 1.01. The Hall–Kier alpha value is -0.0800. The van der Waals surface area contributed by atoms with Gasteiger partial charge < -0.3 is 0 Å². The summed E-state index contributed by atoms with van der Waals surface area (Å²) in [5.74, 6) is 0. The Balaban J connectivity index is 3.09. The molecule has 0 nitrogen and oxygen atoms in total. The summed E-state index contributed by atoms with van der Waals surface area (Å²) in [6.45, 7) is 2.11. The lowest BCUT2D eigenvalue weighted by atomic mass is 10.2. The predicted molar refractivity (Wildman–Crippen MR) is 50.3 cm³/mol. The third-order valence-electron chi connectivity index (χ3n) is 1.44. The Kier molecular flexibility index (Phi) is 2.69. The number of aryl methyl sites for hydroxylation is 1. The van der Waals surface area contributed by atoms with Crippen LogP contribution in [0.25, 0.3) is 0 Å². The topological polar surface area (TPSA) is 0 Å². The highest BCUT2D eigenvalue weighted by Crippen LogP contribution is 2.17. The molecule has 54 valence electrons. The molecule has 0 atom stereocenters. The highest BCUT2D eigenvalue weighted by molar-refractivity contribution is 7.80. The molecular formula is C8H10S2. The van der Waals surface area contributed by atoms with Crippen LogP contribution >= 0.6 is 25.3 Å². The van der Waals surface area contributed by atoms with E-state index in [-0.39, 0.29) is 0 Å². The van der Waals surface area contributed by atoms with Gasteiger partial charge in [-0.2, -0.15) is 0 Å². The van der Waals surface area contributed by atoms with E-state index in [4.69, 9.17) is 0 Å². The molecule has 0 spiro atoms. The van der Waals surface area contributed by atoms with Crippen molar-refractivity contribution in [2.75, 3.05) is 0 Å². The Morgan fingerprint density at radius 3 is 2.50 bits per heavy atom. The normalized spacial score (nSPS) is 9.90. The van der Waals surface area contributed by atoms with Gasteiger partial charge in [0.25, 0.3) is 0 Å². The molecule has 0 aliphatic heterocycles. The first-order valence-electron chi connectivity index (χ1n) is 3.25. The van der Waals surface area contributed by atoms with E-state index in [1.807, 2.05) is 18.2 Å². The van der Waals surface area contributed by atoms with Crippen LogP contribution in [0, 0.1) is 0 Å². The van der Waals surface area contributed by atoms with Crippen molar-refractivity contribution in [2.24, 2.45) is 0 Å². The fourth-order valence-electron chi connectivity index (χ4n) is 0.855. The van der Waals surface area contributed by atoms with Crippen molar-refractivity contribution < 1.29 is 0 Å². The van der Waals surface area contributed by atoms with Gasteiger partial charge in [0.15, 0.2) is 0 Å². The van der Waals surface area contributed by atoms with Crippen LogP contribution in [0.1, 0.15) is 12.5 Å². The summed E-state index contributed by atoms with van der Waals surface area (Å²) < 4.78 is 0. The standard InChI is InChI=1S/C8H10S2/c1-2-6-5-7(9)3-4-8(6)10/h3-5,9-10H,2H2,1H3. The number of rotatable bonds is 1. The SMILES string of the molecule is CCc1cc(S)ccc1S. The number of benzene rings is 1. The van der Waals surface area contributed by atoms with Gasteiger partial charge in [0.1, 0.15) is 0 Å². The van der Waals surface area contributed by atoms with Gasteiger partial charge in [-0.15, -0.1) is 25.3 Å². The maximum atomic E-state index is 4.29. The van der Waals surface area contributed by atoms with Crippen molar-refractivity contribution in [3.8, 4) is 0 Å². The lowest BCUT2D eigenvalue weighted by Gasteiger charge is -2.00.